The molecule has 1 unspecified atom stereocenters. The molecule has 1 aromatic rings. The molecule has 0 fully saturated rings. The van der Waals surface area contributed by atoms with Crippen molar-refractivity contribution in [1.29, 1.82) is 0 Å². The summed E-state index contributed by atoms with van der Waals surface area (Å²) in [4.78, 5) is 11.8. The Hall–Kier alpha value is -1.30. The summed E-state index contributed by atoms with van der Waals surface area (Å²) in [5.74, 6) is -1.41. The molecule has 0 aromatic heterocycles. The minimum Gasteiger partial charge on any atom is -0.398 e. The van der Waals surface area contributed by atoms with Gasteiger partial charge in [0.1, 0.15) is 0 Å². The number of nitrogen functional groups attached to an aromatic ring is 1. The van der Waals surface area contributed by atoms with Crippen LogP contribution in [0.25, 0.3) is 0 Å². The maximum atomic E-state index is 13.0. The molecule has 1 atom stereocenters. The van der Waals surface area contributed by atoms with E-state index >= 15 is 0 Å². The Labute approximate surface area is 109 Å². The number of carbonyl (C=O) groups is 1. The molecule has 1 aromatic carbocycles. The Morgan fingerprint density at radius 3 is 2.67 bits per heavy atom. The van der Waals surface area contributed by atoms with Crippen LogP contribution in [0, 0.1) is 17.6 Å². The van der Waals surface area contributed by atoms with Crippen LogP contribution >= 0.6 is 11.8 Å². The topological polar surface area (TPSA) is 55.1 Å². The van der Waals surface area contributed by atoms with Crippen molar-refractivity contribution >= 4 is 23.4 Å². The number of rotatable bonds is 5. The van der Waals surface area contributed by atoms with Crippen LogP contribution in [0.5, 0.6) is 0 Å². The first-order chi connectivity index (χ1) is 8.45. The lowest BCUT2D eigenvalue weighted by molar-refractivity contribution is 0.0949. The lowest BCUT2D eigenvalue weighted by Gasteiger charge is -2.12. The highest BCUT2D eigenvalue weighted by molar-refractivity contribution is 7.98. The van der Waals surface area contributed by atoms with E-state index in [0.717, 1.165) is 17.9 Å². The summed E-state index contributed by atoms with van der Waals surface area (Å²) in [5, 5.41) is 2.65. The monoisotopic (exact) mass is 274 g/mol. The highest BCUT2D eigenvalue weighted by Crippen LogP contribution is 2.17. The van der Waals surface area contributed by atoms with Gasteiger partial charge in [-0.1, -0.05) is 6.92 Å². The van der Waals surface area contributed by atoms with Gasteiger partial charge in [-0.15, -0.1) is 0 Å². The van der Waals surface area contributed by atoms with Gasteiger partial charge in [0.15, 0.2) is 11.6 Å². The third-order valence-corrected chi connectivity index (χ3v) is 3.30. The van der Waals surface area contributed by atoms with Gasteiger partial charge in [0, 0.05) is 18.3 Å². The molecule has 3 nitrogen and oxygen atoms in total. The van der Waals surface area contributed by atoms with Crippen LogP contribution in [0.2, 0.25) is 0 Å². The maximum Gasteiger partial charge on any atom is 0.253 e. The average Bonchev–Trinajstić information content (AvgIpc) is 2.31. The third kappa shape index (κ3) is 3.87. The molecule has 0 saturated carbocycles. The molecular formula is C12H16F2N2OS. The first-order valence-corrected chi connectivity index (χ1v) is 6.86. The van der Waals surface area contributed by atoms with Crippen LogP contribution in [0.3, 0.4) is 0 Å². The molecule has 6 heteroatoms. The molecule has 100 valence electrons. The van der Waals surface area contributed by atoms with Crippen LogP contribution in [0.4, 0.5) is 14.5 Å². The summed E-state index contributed by atoms with van der Waals surface area (Å²) in [6, 6.07) is 1.63. The highest BCUT2D eigenvalue weighted by atomic mass is 32.2. The van der Waals surface area contributed by atoms with Gasteiger partial charge >= 0.3 is 0 Å². The third-order valence-electron chi connectivity index (χ3n) is 2.40. The van der Waals surface area contributed by atoms with Crippen LogP contribution in [0.15, 0.2) is 12.1 Å². The second-order valence-corrected chi connectivity index (χ2v) is 5.03. The summed E-state index contributed by atoms with van der Waals surface area (Å²) < 4.78 is 25.9. The van der Waals surface area contributed by atoms with Crippen molar-refractivity contribution in [2.45, 2.75) is 6.92 Å². The predicted octanol–water partition coefficient (Wildman–Crippen LogP) is 2.28. The average molecular weight is 274 g/mol. The molecular weight excluding hydrogens is 258 g/mol. The van der Waals surface area contributed by atoms with Crippen molar-refractivity contribution in [2.75, 3.05) is 24.3 Å². The first kappa shape index (κ1) is 14.8. The fraction of sp³-hybridized carbons (Fsp3) is 0.417. The number of benzene rings is 1. The molecule has 3 N–H and O–H groups in total. The first-order valence-electron chi connectivity index (χ1n) is 5.47. The summed E-state index contributed by atoms with van der Waals surface area (Å²) in [6.07, 6.45) is 1.98. The highest BCUT2D eigenvalue weighted by Gasteiger charge is 2.14. The smallest absolute Gasteiger partial charge is 0.253 e. The van der Waals surface area contributed by atoms with E-state index in [1.807, 2.05) is 13.2 Å². The van der Waals surface area contributed by atoms with E-state index in [9.17, 15) is 13.6 Å². The molecule has 1 amide bonds. The standard InChI is InChI=1S/C12H16F2N2OS/c1-7(6-18-2)5-16-12(17)8-3-9(13)10(14)4-11(8)15/h3-4,7H,5-6,15H2,1-2H3,(H,16,17). The lowest BCUT2D eigenvalue weighted by atomic mass is 10.1. The summed E-state index contributed by atoms with van der Waals surface area (Å²) >= 11 is 1.68. The summed E-state index contributed by atoms with van der Waals surface area (Å²) in [6.45, 7) is 2.46. The van der Waals surface area contributed by atoms with Crippen molar-refractivity contribution in [3.8, 4) is 0 Å². The van der Waals surface area contributed by atoms with Crippen LogP contribution < -0.4 is 11.1 Å². The Morgan fingerprint density at radius 1 is 1.44 bits per heavy atom. The van der Waals surface area contributed by atoms with E-state index in [1.165, 1.54) is 0 Å². The number of amides is 1. The van der Waals surface area contributed by atoms with Gasteiger partial charge in [-0.05, 0) is 24.0 Å². The van der Waals surface area contributed by atoms with Crippen molar-refractivity contribution < 1.29 is 13.6 Å². The number of hydrogen-bond acceptors (Lipinski definition) is 3. The number of hydrogen-bond donors (Lipinski definition) is 2. The van der Waals surface area contributed by atoms with Crippen LogP contribution in [-0.2, 0) is 0 Å². The Balaban J connectivity index is 2.70. The van der Waals surface area contributed by atoms with Gasteiger partial charge < -0.3 is 11.1 Å². The molecule has 0 spiro atoms. The molecule has 0 aliphatic carbocycles. The molecule has 0 saturated heterocycles. The summed E-state index contributed by atoms with van der Waals surface area (Å²) in [5.41, 5.74) is 5.38. The molecule has 0 bridgehead atoms. The zero-order valence-corrected chi connectivity index (χ0v) is 11.1. The van der Waals surface area contributed by atoms with Gasteiger partial charge in [0.05, 0.1) is 5.56 Å². The van der Waals surface area contributed by atoms with Crippen molar-refractivity contribution in [3.05, 3.63) is 29.3 Å². The predicted molar refractivity (Wildman–Crippen MR) is 70.6 cm³/mol. The van der Waals surface area contributed by atoms with Crippen molar-refractivity contribution in [1.82, 2.24) is 5.32 Å². The fourth-order valence-electron chi connectivity index (χ4n) is 1.46. The lowest BCUT2D eigenvalue weighted by Crippen LogP contribution is -2.29. The SMILES string of the molecule is CSCC(C)CNC(=O)c1cc(F)c(F)cc1N. The molecule has 0 aliphatic rings. The second-order valence-electron chi connectivity index (χ2n) is 4.12. The van der Waals surface area contributed by atoms with Gasteiger partial charge in [0.2, 0.25) is 0 Å². The number of anilines is 1. The number of halogens is 2. The quantitative estimate of drug-likeness (QED) is 0.810. The zero-order valence-electron chi connectivity index (χ0n) is 10.3. The van der Waals surface area contributed by atoms with E-state index in [4.69, 9.17) is 5.73 Å². The van der Waals surface area contributed by atoms with Crippen LogP contribution in [-0.4, -0.2) is 24.5 Å². The largest absolute Gasteiger partial charge is 0.398 e. The Kier molecular flexibility index (Phi) is 5.40. The maximum absolute atomic E-state index is 13.0. The van der Waals surface area contributed by atoms with Gasteiger partial charge in [-0.3, -0.25) is 4.79 Å². The number of carbonyl (C=O) groups excluding carboxylic acids is 1. The minimum atomic E-state index is -1.08. The van der Waals surface area contributed by atoms with E-state index in [2.05, 4.69) is 5.32 Å². The number of thioether (sulfide) groups is 1. The summed E-state index contributed by atoms with van der Waals surface area (Å²) in [7, 11) is 0. The van der Waals surface area contributed by atoms with Crippen molar-refractivity contribution in [3.63, 3.8) is 0 Å². The zero-order chi connectivity index (χ0) is 13.7. The molecule has 18 heavy (non-hydrogen) atoms. The molecule has 0 radical (unpaired) electrons. The Bertz CT molecular complexity index is 440. The second kappa shape index (κ2) is 6.58. The van der Waals surface area contributed by atoms with Crippen LogP contribution in [0.1, 0.15) is 17.3 Å². The van der Waals surface area contributed by atoms with Crippen molar-refractivity contribution in [2.24, 2.45) is 5.92 Å². The fourth-order valence-corrected chi connectivity index (χ4v) is 2.15. The van der Waals surface area contributed by atoms with E-state index in [1.54, 1.807) is 11.8 Å². The van der Waals surface area contributed by atoms with Gasteiger partial charge in [0.25, 0.3) is 5.91 Å². The van der Waals surface area contributed by atoms with Gasteiger partial charge in [-0.2, -0.15) is 11.8 Å². The van der Waals surface area contributed by atoms with E-state index < -0.39 is 17.5 Å². The molecule has 1 rings (SSSR count). The number of nitrogens with two attached hydrogens (primary N) is 1. The molecule has 0 aliphatic heterocycles. The Morgan fingerprint density at radius 2 is 2.06 bits per heavy atom. The molecule has 0 heterocycles. The normalized spacial score (nSPS) is 12.2. The number of nitrogens with one attached hydrogen (secondary N) is 1. The van der Waals surface area contributed by atoms with Gasteiger partial charge in [-0.25, -0.2) is 8.78 Å². The van der Waals surface area contributed by atoms with E-state index in [-0.39, 0.29) is 11.3 Å². The van der Waals surface area contributed by atoms with E-state index in [0.29, 0.717) is 12.5 Å². The minimum absolute atomic E-state index is 0.0368.